The zero-order valence-electron chi connectivity index (χ0n) is 9.75. The van der Waals surface area contributed by atoms with Gasteiger partial charge in [0.05, 0.1) is 0 Å². The molecule has 0 spiro atoms. The molecule has 0 aromatic heterocycles. The Balaban J connectivity index is 2.20. The molecule has 1 aromatic rings. The number of hydrogen-bond donors (Lipinski definition) is 1. The molecule has 3 nitrogen and oxygen atoms in total. The number of amides is 1. The first-order chi connectivity index (χ1) is 7.49. The highest BCUT2D eigenvalue weighted by Gasteiger charge is 2.27. The first kappa shape index (κ1) is 11.0. The summed E-state index contributed by atoms with van der Waals surface area (Å²) in [7, 11) is 0. The van der Waals surface area contributed by atoms with Crippen LogP contribution in [0.15, 0.2) is 18.2 Å². The van der Waals surface area contributed by atoms with Crippen LogP contribution in [0.4, 0.5) is 0 Å². The molecule has 0 saturated heterocycles. The van der Waals surface area contributed by atoms with Gasteiger partial charge in [-0.1, -0.05) is 6.07 Å². The third-order valence-electron chi connectivity index (χ3n) is 3.04. The Kier molecular flexibility index (Phi) is 2.62. The van der Waals surface area contributed by atoms with Crippen LogP contribution in [0, 0.1) is 0 Å². The van der Waals surface area contributed by atoms with Crippen LogP contribution in [0.2, 0.25) is 0 Å². The minimum Gasteiger partial charge on any atom is -0.478 e. The van der Waals surface area contributed by atoms with Gasteiger partial charge in [-0.05, 0) is 56.4 Å². The van der Waals surface area contributed by atoms with Crippen molar-refractivity contribution in [3.63, 3.8) is 0 Å². The lowest BCUT2D eigenvalue weighted by atomic mass is 10.1. The fourth-order valence-corrected chi connectivity index (χ4v) is 1.96. The molecule has 0 fully saturated rings. The number of nitrogens with two attached hydrogens (primary N) is 1. The predicted molar refractivity (Wildman–Crippen MR) is 62.4 cm³/mol. The van der Waals surface area contributed by atoms with Gasteiger partial charge in [0.2, 0.25) is 0 Å². The van der Waals surface area contributed by atoms with Crippen LogP contribution < -0.4 is 10.5 Å². The van der Waals surface area contributed by atoms with Crippen LogP contribution in [0.25, 0.3) is 0 Å². The molecule has 16 heavy (non-hydrogen) atoms. The van der Waals surface area contributed by atoms with Crippen LogP contribution >= 0.6 is 0 Å². The molecule has 0 aliphatic heterocycles. The van der Waals surface area contributed by atoms with Crippen molar-refractivity contribution in [2.45, 2.75) is 38.7 Å². The number of hydrogen-bond acceptors (Lipinski definition) is 2. The molecule has 0 unspecified atom stereocenters. The highest BCUT2D eigenvalue weighted by Crippen LogP contribution is 2.27. The van der Waals surface area contributed by atoms with Crippen molar-refractivity contribution in [1.29, 1.82) is 0 Å². The van der Waals surface area contributed by atoms with Crippen LogP contribution in [0.1, 0.15) is 31.4 Å². The van der Waals surface area contributed by atoms with E-state index >= 15 is 0 Å². The molecule has 1 aliphatic rings. The summed E-state index contributed by atoms with van der Waals surface area (Å²) in [5, 5.41) is 0. The second-order valence-electron chi connectivity index (χ2n) is 4.76. The van der Waals surface area contributed by atoms with E-state index in [0.717, 1.165) is 18.6 Å². The molecular formula is C13H17NO2. The van der Waals surface area contributed by atoms with Crippen LogP contribution in [-0.2, 0) is 17.6 Å². The monoisotopic (exact) mass is 219 g/mol. The molecule has 0 radical (unpaired) electrons. The Morgan fingerprint density at radius 1 is 1.31 bits per heavy atom. The van der Waals surface area contributed by atoms with Gasteiger partial charge in [-0.2, -0.15) is 0 Å². The lowest BCUT2D eigenvalue weighted by Crippen LogP contribution is -2.43. The van der Waals surface area contributed by atoms with E-state index in [1.807, 2.05) is 12.1 Å². The number of carbonyl (C=O) groups excluding carboxylic acids is 1. The van der Waals surface area contributed by atoms with Crippen molar-refractivity contribution in [3.8, 4) is 5.75 Å². The van der Waals surface area contributed by atoms with Crippen molar-refractivity contribution < 1.29 is 9.53 Å². The Labute approximate surface area is 95.6 Å². The molecule has 2 N–H and O–H groups in total. The van der Waals surface area contributed by atoms with E-state index in [1.165, 1.54) is 17.5 Å². The number of aryl methyl sites for hydroxylation is 2. The lowest BCUT2D eigenvalue weighted by Gasteiger charge is -2.23. The van der Waals surface area contributed by atoms with Gasteiger partial charge in [-0.25, -0.2) is 0 Å². The molecular weight excluding hydrogens is 202 g/mol. The van der Waals surface area contributed by atoms with Crippen molar-refractivity contribution >= 4 is 5.91 Å². The topological polar surface area (TPSA) is 52.3 Å². The second-order valence-corrected chi connectivity index (χ2v) is 4.76. The average Bonchev–Trinajstić information content (AvgIpc) is 2.63. The molecule has 0 bridgehead atoms. The lowest BCUT2D eigenvalue weighted by molar-refractivity contribution is -0.130. The van der Waals surface area contributed by atoms with Crippen LogP contribution in [-0.4, -0.2) is 11.5 Å². The normalized spacial score (nSPS) is 14.6. The molecule has 0 atom stereocenters. The van der Waals surface area contributed by atoms with E-state index in [-0.39, 0.29) is 0 Å². The average molecular weight is 219 g/mol. The van der Waals surface area contributed by atoms with E-state index in [9.17, 15) is 4.79 Å². The highest BCUT2D eigenvalue weighted by atomic mass is 16.5. The summed E-state index contributed by atoms with van der Waals surface area (Å²) in [4.78, 5) is 11.2. The second kappa shape index (κ2) is 3.81. The predicted octanol–water partition coefficient (Wildman–Crippen LogP) is 1.82. The smallest absolute Gasteiger partial charge is 0.261 e. The molecule has 86 valence electrons. The number of benzene rings is 1. The van der Waals surface area contributed by atoms with E-state index in [0.29, 0.717) is 0 Å². The maximum Gasteiger partial charge on any atom is 0.261 e. The summed E-state index contributed by atoms with van der Waals surface area (Å²) in [5.74, 6) is 0.275. The molecule has 2 rings (SSSR count). The summed E-state index contributed by atoms with van der Waals surface area (Å²) in [6.07, 6.45) is 3.45. The Hall–Kier alpha value is -1.51. The number of carbonyl (C=O) groups is 1. The van der Waals surface area contributed by atoms with E-state index in [4.69, 9.17) is 10.5 Å². The van der Waals surface area contributed by atoms with Gasteiger partial charge in [-0.3, -0.25) is 4.79 Å². The quantitative estimate of drug-likeness (QED) is 0.843. The van der Waals surface area contributed by atoms with Gasteiger partial charge in [0.1, 0.15) is 5.75 Å². The number of rotatable bonds is 3. The van der Waals surface area contributed by atoms with Gasteiger partial charge < -0.3 is 10.5 Å². The van der Waals surface area contributed by atoms with Crippen LogP contribution in [0.3, 0.4) is 0 Å². The fourth-order valence-electron chi connectivity index (χ4n) is 1.96. The molecule has 0 saturated carbocycles. The summed E-state index contributed by atoms with van der Waals surface area (Å²) >= 11 is 0. The maximum atomic E-state index is 11.2. The third kappa shape index (κ3) is 2.03. The zero-order chi connectivity index (χ0) is 11.8. The fraction of sp³-hybridized carbons (Fsp3) is 0.462. The standard InChI is InChI=1S/C13H17NO2/c1-13(2,12(14)15)16-11-7-6-9-4-3-5-10(9)8-11/h6-8H,3-5H2,1-2H3,(H2,14,15). The van der Waals surface area contributed by atoms with Crippen molar-refractivity contribution in [3.05, 3.63) is 29.3 Å². The van der Waals surface area contributed by atoms with Gasteiger partial charge >= 0.3 is 0 Å². The molecule has 3 heteroatoms. The summed E-state index contributed by atoms with van der Waals surface area (Å²) in [6, 6.07) is 6.01. The zero-order valence-corrected chi connectivity index (χ0v) is 9.75. The largest absolute Gasteiger partial charge is 0.478 e. The number of ether oxygens (including phenoxy) is 1. The minimum absolute atomic E-state index is 0.451. The molecule has 0 heterocycles. The SMILES string of the molecule is CC(C)(Oc1ccc2c(c1)CCC2)C(N)=O. The van der Waals surface area contributed by atoms with E-state index < -0.39 is 11.5 Å². The van der Waals surface area contributed by atoms with Crippen molar-refractivity contribution in [1.82, 2.24) is 0 Å². The molecule has 1 amide bonds. The Morgan fingerprint density at radius 3 is 2.69 bits per heavy atom. The minimum atomic E-state index is -0.952. The summed E-state index contributed by atoms with van der Waals surface area (Å²) in [6.45, 7) is 3.37. The number of primary amides is 1. The first-order valence-electron chi connectivity index (χ1n) is 5.60. The number of fused-ring (bicyclic) bond motifs is 1. The van der Waals surface area contributed by atoms with E-state index in [2.05, 4.69) is 6.07 Å². The molecule has 1 aliphatic carbocycles. The first-order valence-corrected chi connectivity index (χ1v) is 5.60. The van der Waals surface area contributed by atoms with Crippen LogP contribution in [0.5, 0.6) is 5.75 Å². The van der Waals surface area contributed by atoms with Gasteiger partial charge in [0, 0.05) is 0 Å². The van der Waals surface area contributed by atoms with Gasteiger partial charge in [0.15, 0.2) is 5.60 Å². The van der Waals surface area contributed by atoms with Crippen molar-refractivity contribution in [2.75, 3.05) is 0 Å². The van der Waals surface area contributed by atoms with Gasteiger partial charge in [-0.15, -0.1) is 0 Å². The van der Waals surface area contributed by atoms with E-state index in [1.54, 1.807) is 13.8 Å². The maximum absolute atomic E-state index is 11.2. The third-order valence-corrected chi connectivity index (χ3v) is 3.04. The van der Waals surface area contributed by atoms with Crippen molar-refractivity contribution in [2.24, 2.45) is 5.73 Å². The highest BCUT2D eigenvalue weighted by molar-refractivity contribution is 5.82. The molecule has 1 aromatic carbocycles. The summed E-state index contributed by atoms with van der Waals surface area (Å²) in [5.41, 5.74) is 7.04. The Bertz CT molecular complexity index is 424. The Morgan fingerprint density at radius 2 is 2.00 bits per heavy atom. The summed E-state index contributed by atoms with van der Waals surface area (Å²) < 4.78 is 5.61. The van der Waals surface area contributed by atoms with Gasteiger partial charge in [0.25, 0.3) is 5.91 Å².